The normalized spacial score (nSPS) is 11.4. The zero-order valence-electron chi connectivity index (χ0n) is 12.7. The van der Waals surface area contributed by atoms with Crippen molar-refractivity contribution in [1.29, 1.82) is 0 Å². The van der Waals surface area contributed by atoms with Crippen molar-refractivity contribution in [3.63, 3.8) is 0 Å². The number of hydrogen-bond donors (Lipinski definition) is 2. The van der Waals surface area contributed by atoms with E-state index in [-0.39, 0.29) is 5.54 Å². The van der Waals surface area contributed by atoms with Gasteiger partial charge in [0.1, 0.15) is 11.6 Å². The van der Waals surface area contributed by atoms with Gasteiger partial charge in [0.15, 0.2) is 5.16 Å². The highest BCUT2D eigenvalue weighted by atomic mass is 32.2. The van der Waals surface area contributed by atoms with Crippen molar-refractivity contribution in [1.82, 2.24) is 9.97 Å². The third kappa shape index (κ3) is 4.27. The SMILES string of the molecule is CCNc1cc(NC(CC)(CC)CC)nc(SC)n1. The van der Waals surface area contributed by atoms with Gasteiger partial charge in [-0.3, -0.25) is 0 Å². The van der Waals surface area contributed by atoms with Crippen LogP contribution in [0.5, 0.6) is 0 Å². The lowest BCUT2D eigenvalue weighted by atomic mass is 9.90. The maximum Gasteiger partial charge on any atom is 0.191 e. The zero-order valence-corrected chi connectivity index (χ0v) is 13.5. The lowest BCUT2D eigenvalue weighted by molar-refractivity contribution is 0.418. The number of hydrogen-bond acceptors (Lipinski definition) is 5. The molecule has 0 bridgehead atoms. The molecule has 0 amide bonds. The second-order valence-corrected chi connectivity index (χ2v) is 5.39. The first-order valence-corrected chi connectivity index (χ1v) is 8.30. The fourth-order valence-corrected chi connectivity index (χ4v) is 2.52. The van der Waals surface area contributed by atoms with Gasteiger partial charge in [-0.1, -0.05) is 32.5 Å². The minimum absolute atomic E-state index is 0.132. The molecule has 0 saturated carbocycles. The van der Waals surface area contributed by atoms with Gasteiger partial charge in [0.25, 0.3) is 0 Å². The highest BCUT2D eigenvalue weighted by molar-refractivity contribution is 7.98. The molecule has 0 fully saturated rings. The van der Waals surface area contributed by atoms with E-state index in [1.54, 1.807) is 11.8 Å². The highest BCUT2D eigenvalue weighted by Crippen LogP contribution is 2.26. The summed E-state index contributed by atoms with van der Waals surface area (Å²) >= 11 is 1.57. The van der Waals surface area contributed by atoms with Crippen molar-refractivity contribution in [2.24, 2.45) is 0 Å². The topological polar surface area (TPSA) is 49.8 Å². The van der Waals surface area contributed by atoms with Crippen molar-refractivity contribution in [2.45, 2.75) is 57.7 Å². The molecule has 0 spiro atoms. The average Bonchev–Trinajstić information content (AvgIpc) is 2.45. The molecular formula is C14H26N4S. The van der Waals surface area contributed by atoms with Crippen LogP contribution in [0.3, 0.4) is 0 Å². The standard InChI is InChI=1S/C14H26N4S/c1-6-14(7-2,8-3)18-12-10-11(15-9-4)16-13(17-12)19-5/h10H,6-9H2,1-5H3,(H2,15,16,17,18). The largest absolute Gasteiger partial charge is 0.370 e. The molecule has 0 saturated heterocycles. The molecule has 4 nitrogen and oxygen atoms in total. The Labute approximate surface area is 121 Å². The molecule has 1 aromatic rings. The van der Waals surface area contributed by atoms with Crippen LogP contribution in [-0.2, 0) is 0 Å². The van der Waals surface area contributed by atoms with E-state index >= 15 is 0 Å². The Morgan fingerprint density at radius 3 is 2.11 bits per heavy atom. The summed E-state index contributed by atoms with van der Waals surface area (Å²) in [5, 5.41) is 7.67. The Morgan fingerprint density at radius 1 is 1.05 bits per heavy atom. The van der Waals surface area contributed by atoms with Gasteiger partial charge in [-0.2, -0.15) is 0 Å². The van der Waals surface area contributed by atoms with Gasteiger partial charge in [-0.15, -0.1) is 0 Å². The number of nitrogens with one attached hydrogen (secondary N) is 2. The van der Waals surface area contributed by atoms with Gasteiger partial charge >= 0.3 is 0 Å². The molecule has 0 atom stereocenters. The number of rotatable bonds is 8. The zero-order chi connectivity index (χ0) is 14.3. The Balaban J connectivity index is 3.01. The second-order valence-electron chi connectivity index (χ2n) is 4.62. The molecule has 0 unspecified atom stereocenters. The van der Waals surface area contributed by atoms with Gasteiger partial charge in [-0.25, -0.2) is 9.97 Å². The Kier molecular flexibility index (Phi) is 6.42. The molecule has 0 radical (unpaired) electrons. The van der Waals surface area contributed by atoms with Gasteiger partial charge in [-0.05, 0) is 32.4 Å². The summed E-state index contributed by atoms with van der Waals surface area (Å²) in [6.45, 7) is 9.61. The fourth-order valence-electron chi connectivity index (χ4n) is 2.14. The smallest absolute Gasteiger partial charge is 0.191 e. The first kappa shape index (κ1) is 16.1. The molecule has 2 N–H and O–H groups in total. The third-order valence-electron chi connectivity index (χ3n) is 3.67. The summed E-state index contributed by atoms with van der Waals surface area (Å²) in [6, 6.07) is 2.00. The van der Waals surface area contributed by atoms with E-state index in [0.29, 0.717) is 0 Å². The molecule has 108 valence electrons. The number of anilines is 2. The van der Waals surface area contributed by atoms with E-state index in [0.717, 1.165) is 42.6 Å². The second kappa shape index (κ2) is 7.58. The molecule has 1 heterocycles. The van der Waals surface area contributed by atoms with Crippen LogP contribution in [0.25, 0.3) is 0 Å². The summed E-state index contributed by atoms with van der Waals surface area (Å²) in [5.41, 5.74) is 0.132. The van der Waals surface area contributed by atoms with Crippen molar-refractivity contribution in [3.8, 4) is 0 Å². The minimum Gasteiger partial charge on any atom is -0.370 e. The number of aromatic nitrogens is 2. The Hall–Kier alpha value is -0.970. The van der Waals surface area contributed by atoms with Crippen LogP contribution in [0, 0.1) is 0 Å². The molecule has 1 rings (SSSR count). The maximum atomic E-state index is 4.56. The summed E-state index contributed by atoms with van der Waals surface area (Å²) in [7, 11) is 0. The molecule has 0 aromatic carbocycles. The van der Waals surface area contributed by atoms with Crippen LogP contribution in [0.4, 0.5) is 11.6 Å². The van der Waals surface area contributed by atoms with Crippen molar-refractivity contribution >= 4 is 23.4 Å². The van der Waals surface area contributed by atoms with Crippen molar-refractivity contribution in [3.05, 3.63) is 6.07 Å². The predicted octanol–water partition coefficient (Wildman–Crippen LogP) is 4.01. The monoisotopic (exact) mass is 282 g/mol. The van der Waals surface area contributed by atoms with Crippen molar-refractivity contribution in [2.75, 3.05) is 23.4 Å². The van der Waals surface area contributed by atoms with E-state index in [2.05, 4.69) is 48.3 Å². The Morgan fingerprint density at radius 2 is 1.63 bits per heavy atom. The maximum absolute atomic E-state index is 4.56. The lowest BCUT2D eigenvalue weighted by Gasteiger charge is -2.32. The Bertz CT molecular complexity index is 383. The fraction of sp³-hybridized carbons (Fsp3) is 0.714. The van der Waals surface area contributed by atoms with Crippen LogP contribution < -0.4 is 10.6 Å². The molecule has 0 aliphatic rings. The van der Waals surface area contributed by atoms with Gasteiger partial charge in [0, 0.05) is 18.2 Å². The van der Waals surface area contributed by atoms with Gasteiger partial charge in [0.05, 0.1) is 0 Å². The minimum atomic E-state index is 0.132. The molecule has 5 heteroatoms. The predicted molar refractivity (Wildman–Crippen MR) is 85.2 cm³/mol. The first-order chi connectivity index (χ1) is 9.12. The van der Waals surface area contributed by atoms with Gasteiger partial charge in [0.2, 0.25) is 0 Å². The van der Waals surface area contributed by atoms with Crippen LogP contribution in [0.2, 0.25) is 0 Å². The van der Waals surface area contributed by atoms with E-state index in [1.165, 1.54) is 0 Å². The summed E-state index contributed by atoms with van der Waals surface area (Å²) in [4.78, 5) is 9.01. The first-order valence-electron chi connectivity index (χ1n) is 7.08. The third-order valence-corrected chi connectivity index (χ3v) is 4.22. The van der Waals surface area contributed by atoms with Crippen LogP contribution in [0.15, 0.2) is 11.2 Å². The van der Waals surface area contributed by atoms with Crippen molar-refractivity contribution < 1.29 is 0 Å². The van der Waals surface area contributed by atoms with E-state index in [1.807, 2.05) is 12.3 Å². The molecule has 0 aliphatic heterocycles. The molecular weight excluding hydrogens is 256 g/mol. The van der Waals surface area contributed by atoms with Crippen LogP contribution in [0.1, 0.15) is 47.0 Å². The number of thioether (sulfide) groups is 1. The van der Waals surface area contributed by atoms with E-state index in [4.69, 9.17) is 0 Å². The highest BCUT2D eigenvalue weighted by Gasteiger charge is 2.24. The van der Waals surface area contributed by atoms with E-state index in [9.17, 15) is 0 Å². The van der Waals surface area contributed by atoms with E-state index < -0.39 is 0 Å². The quantitative estimate of drug-likeness (QED) is 0.557. The summed E-state index contributed by atoms with van der Waals surface area (Å²) in [6.07, 6.45) is 5.28. The number of nitrogens with zero attached hydrogens (tertiary/aromatic N) is 2. The van der Waals surface area contributed by atoms with Gasteiger partial charge < -0.3 is 10.6 Å². The molecule has 0 aliphatic carbocycles. The average molecular weight is 282 g/mol. The summed E-state index contributed by atoms with van der Waals surface area (Å²) in [5.74, 6) is 1.81. The van der Waals surface area contributed by atoms with Crippen LogP contribution in [-0.4, -0.2) is 28.3 Å². The lowest BCUT2D eigenvalue weighted by Crippen LogP contribution is -2.36. The van der Waals surface area contributed by atoms with Crippen LogP contribution >= 0.6 is 11.8 Å². The molecule has 19 heavy (non-hydrogen) atoms. The molecule has 1 aromatic heterocycles. The summed E-state index contributed by atoms with van der Waals surface area (Å²) < 4.78 is 0.